The fourth-order valence-corrected chi connectivity index (χ4v) is 6.95. The minimum Gasteiger partial charge on any atom is -0.375 e. The molecule has 0 bridgehead atoms. The van der Waals surface area contributed by atoms with Crippen LogP contribution in [0.15, 0.2) is 24.0 Å². The molecule has 1 spiro atoms. The van der Waals surface area contributed by atoms with E-state index in [0.29, 0.717) is 37.2 Å². The highest BCUT2D eigenvalue weighted by molar-refractivity contribution is 7.11. The SMILES string of the molecule is CC1(C)C[C@@H]1C(=O)N1CC2(CN(C(=O)c3cncs3)C[C@H]2COCc2ccn(C3CCCC3)n2)C1. The van der Waals surface area contributed by atoms with Gasteiger partial charge in [0.1, 0.15) is 4.88 Å². The summed E-state index contributed by atoms with van der Waals surface area (Å²) in [5.74, 6) is 0.677. The molecule has 4 fully saturated rings. The van der Waals surface area contributed by atoms with Gasteiger partial charge in [0.15, 0.2) is 0 Å². The maximum atomic E-state index is 13.1. The molecule has 0 unspecified atom stereocenters. The predicted octanol–water partition coefficient (Wildman–Crippen LogP) is 3.62. The number of amides is 2. The molecule has 2 aromatic heterocycles. The molecule has 6 rings (SSSR count). The number of hydrogen-bond donors (Lipinski definition) is 0. The van der Waals surface area contributed by atoms with Crippen LogP contribution in [0.5, 0.6) is 0 Å². The Hall–Kier alpha value is -2.26. The maximum absolute atomic E-state index is 13.1. The predicted molar refractivity (Wildman–Crippen MR) is 132 cm³/mol. The topological polar surface area (TPSA) is 80.6 Å². The molecule has 9 heteroatoms. The highest BCUT2D eigenvalue weighted by atomic mass is 32.1. The molecule has 2 amide bonds. The molecule has 4 aliphatic rings. The van der Waals surface area contributed by atoms with Gasteiger partial charge in [-0.2, -0.15) is 5.10 Å². The molecule has 35 heavy (non-hydrogen) atoms. The average molecular weight is 498 g/mol. The lowest BCUT2D eigenvalue weighted by atomic mass is 9.71. The second kappa shape index (κ2) is 8.69. The van der Waals surface area contributed by atoms with Gasteiger partial charge in [-0.15, -0.1) is 11.3 Å². The summed E-state index contributed by atoms with van der Waals surface area (Å²) >= 11 is 1.38. The van der Waals surface area contributed by atoms with E-state index in [-0.39, 0.29) is 34.5 Å². The molecular weight excluding hydrogens is 462 g/mol. The van der Waals surface area contributed by atoms with Crippen molar-refractivity contribution in [1.82, 2.24) is 24.6 Å². The van der Waals surface area contributed by atoms with Crippen molar-refractivity contribution in [3.8, 4) is 0 Å². The van der Waals surface area contributed by atoms with Gasteiger partial charge >= 0.3 is 0 Å². The number of ether oxygens (including phenoxy) is 1. The monoisotopic (exact) mass is 497 g/mol. The van der Waals surface area contributed by atoms with Crippen molar-refractivity contribution in [1.29, 1.82) is 0 Å². The first-order chi connectivity index (χ1) is 16.8. The fourth-order valence-electron chi connectivity index (χ4n) is 6.36. The number of likely N-dealkylation sites (tertiary alicyclic amines) is 2. The van der Waals surface area contributed by atoms with Crippen molar-refractivity contribution < 1.29 is 14.3 Å². The Kier molecular flexibility index (Phi) is 5.75. The molecule has 0 radical (unpaired) electrons. The van der Waals surface area contributed by atoms with Crippen molar-refractivity contribution >= 4 is 23.2 Å². The van der Waals surface area contributed by atoms with Crippen molar-refractivity contribution in [2.24, 2.45) is 22.7 Å². The Morgan fingerprint density at radius 3 is 2.60 bits per heavy atom. The lowest BCUT2D eigenvalue weighted by Gasteiger charge is -2.51. The molecule has 2 aromatic rings. The van der Waals surface area contributed by atoms with Gasteiger partial charge in [-0.3, -0.25) is 19.3 Å². The summed E-state index contributed by atoms with van der Waals surface area (Å²) in [6, 6.07) is 2.59. The van der Waals surface area contributed by atoms with Gasteiger partial charge < -0.3 is 14.5 Å². The third kappa shape index (κ3) is 4.31. The summed E-state index contributed by atoms with van der Waals surface area (Å²) in [6.07, 6.45) is 9.70. The van der Waals surface area contributed by atoms with Gasteiger partial charge in [0.05, 0.1) is 36.7 Å². The van der Waals surface area contributed by atoms with Crippen LogP contribution in [-0.2, 0) is 16.1 Å². The van der Waals surface area contributed by atoms with Gasteiger partial charge in [0.2, 0.25) is 5.91 Å². The van der Waals surface area contributed by atoms with Crippen LogP contribution in [0.4, 0.5) is 0 Å². The Bertz CT molecular complexity index is 1080. The second-order valence-electron chi connectivity index (χ2n) is 11.8. The highest BCUT2D eigenvalue weighted by Crippen LogP contribution is 2.54. The van der Waals surface area contributed by atoms with Crippen LogP contribution in [0.1, 0.15) is 67.4 Å². The van der Waals surface area contributed by atoms with Crippen LogP contribution >= 0.6 is 11.3 Å². The number of hydrogen-bond acceptors (Lipinski definition) is 6. The van der Waals surface area contributed by atoms with Gasteiger partial charge in [-0.25, -0.2) is 0 Å². The van der Waals surface area contributed by atoms with Gasteiger partial charge in [0.25, 0.3) is 5.91 Å². The Balaban J connectivity index is 1.10. The van der Waals surface area contributed by atoms with Gasteiger partial charge in [0, 0.05) is 49.6 Å². The summed E-state index contributed by atoms with van der Waals surface area (Å²) < 4.78 is 8.30. The van der Waals surface area contributed by atoms with Gasteiger partial charge in [-0.1, -0.05) is 26.7 Å². The quantitative estimate of drug-likeness (QED) is 0.584. The normalized spacial score (nSPS) is 26.9. The molecule has 2 saturated heterocycles. The van der Waals surface area contributed by atoms with E-state index in [9.17, 15) is 9.59 Å². The molecule has 2 aliphatic heterocycles. The first kappa shape index (κ1) is 23.2. The Morgan fingerprint density at radius 1 is 1.17 bits per heavy atom. The summed E-state index contributed by atoms with van der Waals surface area (Å²) in [7, 11) is 0. The molecular formula is C26H35N5O3S. The lowest BCUT2D eigenvalue weighted by molar-refractivity contribution is -0.148. The summed E-state index contributed by atoms with van der Waals surface area (Å²) in [6.45, 7) is 8.15. The fraction of sp³-hybridized carbons (Fsp3) is 0.692. The van der Waals surface area contributed by atoms with Crippen molar-refractivity contribution in [2.45, 2.75) is 58.6 Å². The van der Waals surface area contributed by atoms with E-state index in [0.717, 1.165) is 25.2 Å². The van der Waals surface area contributed by atoms with E-state index in [1.807, 2.05) is 9.80 Å². The van der Waals surface area contributed by atoms with E-state index in [1.54, 1.807) is 11.7 Å². The molecule has 2 saturated carbocycles. The number of carbonyl (C=O) groups excluding carboxylic acids is 2. The van der Waals surface area contributed by atoms with E-state index in [2.05, 4.69) is 35.8 Å². The molecule has 0 N–H and O–H groups in total. The van der Waals surface area contributed by atoms with Crippen molar-refractivity contribution in [3.05, 3.63) is 34.5 Å². The van der Waals surface area contributed by atoms with Gasteiger partial charge in [-0.05, 0) is 30.7 Å². The smallest absolute Gasteiger partial charge is 0.265 e. The average Bonchev–Trinajstić information content (AvgIpc) is 3.47. The van der Waals surface area contributed by atoms with Crippen molar-refractivity contribution in [3.63, 3.8) is 0 Å². The number of carbonyl (C=O) groups is 2. The Morgan fingerprint density at radius 2 is 1.91 bits per heavy atom. The zero-order valence-corrected chi connectivity index (χ0v) is 21.5. The number of rotatable bonds is 7. The summed E-state index contributed by atoms with van der Waals surface area (Å²) in [5, 5.41) is 4.75. The van der Waals surface area contributed by atoms with Crippen molar-refractivity contribution in [2.75, 3.05) is 32.8 Å². The zero-order valence-electron chi connectivity index (χ0n) is 20.7. The standard InChI is InChI=1S/C26H35N5O3S/c1-25(2)9-21(25)23(32)30-15-26(16-30)14-29(24(33)22-10-27-17-35-22)11-18(26)12-34-13-19-7-8-31(28-19)20-5-3-4-6-20/h7-8,10,17-18,20-21H,3-6,9,11-16H2,1-2H3/t18-,21+/m0/s1. The highest BCUT2D eigenvalue weighted by Gasteiger charge is 2.60. The maximum Gasteiger partial charge on any atom is 0.265 e. The number of nitrogens with zero attached hydrogens (tertiary/aromatic N) is 5. The zero-order chi connectivity index (χ0) is 24.2. The lowest BCUT2D eigenvalue weighted by Crippen LogP contribution is -2.63. The molecule has 4 heterocycles. The first-order valence-corrected chi connectivity index (χ1v) is 13.8. The number of thiazole rings is 1. The third-order valence-corrected chi connectivity index (χ3v) is 9.57. The van der Waals surface area contributed by atoms with Crippen LogP contribution in [0.2, 0.25) is 0 Å². The second-order valence-corrected chi connectivity index (χ2v) is 12.7. The number of aromatic nitrogens is 3. The molecule has 2 aliphatic carbocycles. The van der Waals surface area contributed by atoms with Crippen LogP contribution < -0.4 is 0 Å². The Labute approximate surface area is 210 Å². The van der Waals surface area contributed by atoms with E-state index < -0.39 is 0 Å². The van der Waals surface area contributed by atoms with E-state index in [4.69, 9.17) is 9.84 Å². The van der Waals surface area contributed by atoms with Crippen LogP contribution in [0.3, 0.4) is 0 Å². The van der Waals surface area contributed by atoms with Crippen LogP contribution in [0.25, 0.3) is 0 Å². The minimum atomic E-state index is -0.0851. The van der Waals surface area contributed by atoms with Crippen LogP contribution in [-0.4, -0.2) is 69.2 Å². The summed E-state index contributed by atoms with van der Waals surface area (Å²) in [5.41, 5.74) is 2.71. The molecule has 2 atom stereocenters. The molecule has 0 aromatic carbocycles. The molecule has 188 valence electrons. The van der Waals surface area contributed by atoms with Crippen LogP contribution in [0, 0.1) is 22.7 Å². The third-order valence-electron chi connectivity index (χ3n) is 8.81. The minimum absolute atomic E-state index is 0.0396. The van der Waals surface area contributed by atoms with E-state index >= 15 is 0 Å². The summed E-state index contributed by atoms with van der Waals surface area (Å²) in [4.78, 5) is 34.7. The van der Waals surface area contributed by atoms with E-state index in [1.165, 1.54) is 37.0 Å². The largest absolute Gasteiger partial charge is 0.375 e. The first-order valence-electron chi connectivity index (χ1n) is 12.9. The molecule has 8 nitrogen and oxygen atoms in total.